The average molecular weight is 382 g/mol. The molecule has 4 N–H and O–H groups in total. The maximum atomic E-state index is 12.1. The first kappa shape index (κ1) is 18.9. The lowest BCUT2D eigenvalue weighted by molar-refractivity contribution is -0.116. The van der Waals surface area contributed by atoms with Crippen molar-refractivity contribution in [3.8, 4) is 0 Å². The van der Waals surface area contributed by atoms with Crippen LogP contribution in [0.3, 0.4) is 0 Å². The number of hydrogen-bond acceptors (Lipinski definition) is 4. The number of sulfonamides is 1. The van der Waals surface area contributed by atoms with Gasteiger partial charge in [0.2, 0.25) is 21.8 Å². The molecule has 0 saturated carbocycles. The van der Waals surface area contributed by atoms with E-state index in [1.807, 2.05) is 0 Å². The lowest BCUT2D eigenvalue weighted by Gasteiger charge is -2.09. The number of rotatable bonds is 7. The van der Waals surface area contributed by atoms with Crippen molar-refractivity contribution in [3.63, 3.8) is 0 Å². The fourth-order valence-electron chi connectivity index (χ4n) is 1.98. The Morgan fingerprint density at radius 2 is 1.68 bits per heavy atom. The zero-order valence-corrected chi connectivity index (χ0v) is 14.6. The van der Waals surface area contributed by atoms with Gasteiger partial charge in [-0.25, -0.2) is 13.1 Å². The fraction of sp³-hybridized carbons (Fsp3) is 0.125. The lowest BCUT2D eigenvalue weighted by Crippen LogP contribution is -2.28. The highest BCUT2D eigenvalue weighted by atomic mass is 35.5. The van der Waals surface area contributed by atoms with Crippen LogP contribution >= 0.6 is 11.6 Å². The van der Waals surface area contributed by atoms with Crippen LogP contribution in [0, 0.1) is 0 Å². The quantitative estimate of drug-likeness (QED) is 0.676. The molecule has 0 heterocycles. The molecule has 9 heteroatoms. The van der Waals surface area contributed by atoms with Gasteiger partial charge in [0.05, 0.1) is 5.02 Å². The third-order valence-electron chi connectivity index (χ3n) is 3.22. The first-order valence-corrected chi connectivity index (χ1v) is 9.09. The van der Waals surface area contributed by atoms with Crippen molar-refractivity contribution in [3.05, 3.63) is 59.1 Å². The second kappa shape index (κ2) is 8.11. The van der Waals surface area contributed by atoms with E-state index < -0.39 is 15.9 Å². The molecule has 132 valence electrons. The molecule has 7 nitrogen and oxygen atoms in total. The predicted molar refractivity (Wildman–Crippen MR) is 94.8 cm³/mol. The van der Waals surface area contributed by atoms with Crippen molar-refractivity contribution >= 4 is 39.1 Å². The second-order valence-corrected chi connectivity index (χ2v) is 7.21. The number of halogens is 1. The van der Waals surface area contributed by atoms with Crippen LogP contribution in [0.15, 0.2) is 53.4 Å². The number of nitrogens with one attached hydrogen (secondary N) is 2. The molecule has 2 amide bonds. The fourth-order valence-corrected chi connectivity index (χ4v) is 3.53. The molecule has 0 atom stereocenters. The minimum Gasteiger partial charge on any atom is -0.366 e. The average Bonchev–Trinajstić information content (AvgIpc) is 2.55. The molecule has 0 unspecified atom stereocenters. The van der Waals surface area contributed by atoms with E-state index in [9.17, 15) is 18.0 Å². The van der Waals surface area contributed by atoms with Gasteiger partial charge in [-0.1, -0.05) is 23.7 Å². The molecule has 0 radical (unpaired) electrons. The van der Waals surface area contributed by atoms with Crippen LogP contribution in [0.4, 0.5) is 5.69 Å². The predicted octanol–water partition coefficient (Wildman–Crippen LogP) is 1.75. The Morgan fingerprint density at radius 1 is 1.04 bits per heavy atom. The number of hydrogen-bond donors (Lipinski definition) is 3. The molecule has 0 saturated heterocycles. The summed E-state index contributed by atoms with van der Waals surface area (Å²) in [5.41, 5.74) is 5.93. The zero-order valence-electron chi connectivity index (χ0n) is 13.0. The Bertz CT molecular complexity index is 883. The number of amides is 2. The number of carbonyl (C=O) groups is 2. The molecule has 0 aliphatic heterocycles. The lowest BCUT2D eigenvalue weighted by atomic mass is 10.2. The third-order valence-corrected chi connectivity index (χ3v) is 5.18. The van der Waals surface area contributed by atoms with Gasteiger partial charge in [0.25, 0.3) is 0 Å². The highest BCUT2D eigenvalue weighted by Crippen LogP contribution is 2.20. The largest absolute Gasteiger partial charge is 0.366 e. The van der Waals surface area contributed by atoms with Gasteiger partial charge in [-0.15, -0.1) is 0 Å². The highest BCUT2D eigenvalue weighted by Gasteiger charge is 2.17. The number of carbonyl (C=O) groups excluding carboxylic acids is 2. The number of primary amides is 1. The van der Waals surface area contributed by atoms with Crippen molar-refractivity contribution in [1.29, 1.82) is 0 Å². The van der Waals surface area contributed by atoms with E-state index in [1.165, 1.54) is 36.4 Å². The minimum absolute atomic E-state index is 0.0425. The highest BCUT2D eigenvalue weighted by molar-refractivity contribution is 7.89. The Kier molecular flexibility index (Phi) is 6.13. The van der Waals surface area contributed by atoms with E-state index in [4.69, 9.17) is 17.3 Å². The van der Waals surface area contributed by atoms with Crippen LogP contribution in [0.25, 0.3) is 0 Å². The number of nitrogens with two attached hydrogens (primary N) is 1. The van der Waals surface area contributed by atoms with Crippen LogP contribution in [0.5, 0.6) is 0 Å². The summed E-state index contributed by atoms with van der Waals surface area (Å²) in [6.07, 6.45) is -0.0682. The molecular formula is C16H16ClN3O4S. The molecule has 2 aromatic rings. The molecule has 2 rings (SSSR count). The molecular weight excluding hydrogens is 366 g/mol. The Morgan fingerprint density at radius 3 is 2.28 bits per heavy atom. The van der Waals surface area contributed by atoms with Gasteiger partial charge in [0, 0.05) is 24.2 Å². The molecule has 0 fully saturated rings. The molecule has 0 bridgehead atoms. The minimum atomic E-state index is -3.79. The first-order valence-electron chi connectivity index (χ1n) is 7.23. The summed E-state index contributed by atoms with van der Waals surface area (Å²) >= 11 is 5.86. The van der Waals surface area contributed by atoms with Crippen LogP contribution in [0.2, 0.25) is 5.02 Å². The second-order valence-electron chi connectivity index (χ2n) is 5.07. The van der Waals surface area contributed by atoms with Gasteiger partial charge in [-0.2, -0.15) is 0 Å². The summed E-state index contributed by atoms with van der Waals surface area (Å²) in [5.74, 6) is -0.944. The van der Waals surface area contributed by atoms with Gasteiger partial charge in [-0.05, 0) is 36.4 Å². The van der Waals surface area contributed by atoms with Crippen LogP contribution in [-0.4, -0.2) is 26.8 Å². The summed E-state index contributed by atoms with van der Waals surface area (Å²) < 4.78 is 26.6. The maximum absolute atomic E-state index is 12.1. The topological polar surface area (TPSA) is 118 Å². The Hall–Kier alpha value is -2.42. The molecule has 2 aromatic carbocycles. The van der Waals surface area contributed by atoms with E-state index in [2.05, 4.69) is 10.0 Å². The van der Waals surface area contributed by atoms with Gasteiger partial charge < -0.3 is 11.1 Å². The van der Waals surface area contributed by atoms with Gasteiger partial charge >= 0.3 is 0 Å². The third kappa shape index (κ3) is 5.28. The Labute approximate surface area is 150 Å². The van der Waals surface area contributed by atoms with Gasteiger partial charge in [-0.3, -0.25) is 9.59 Å². The zero-order chi connectivity index (χ0) is 18.4. The molecule has 25 heavy (non-hydrogen) atoms. The summed E-state index contributed by atoms with van der Waals surface area (Å²) in [6, 6.07) is 12.1. The SMILES string of the molecule is NC(=O)c1ccc(NC(=O)CCNS(=O)(=O)c2ccccc2Cl)cc1. The van der Waals surface area contributed by atoms with Gasteiger partial charge in [0.15, 0.2) is 0 Å². The van der Waals surface area contributed by atoms with Crippen molar-refractivity contribution in [1.82, 2.24) is 4.72 Å². The maximum Gasteiger partial charge on any atom is 0.248 e. The molecule has 0 spiro atoms. The number of benzene rings is 2. The van der Waals surface area contributed by atoms with Crippen LogP contribution in [0.1, 0.15) is 16.8 Å². The standard InChI is InChI=1S/C16H16ClN3O4S/c17-13-3-1-2-4-14(13)25(23,24)19-10-9-15(21)20-12-7-5-11(6-8-12)16(18)22/h1-8,19H,9-10H2,(H2,18,22)(H,20,21). The van der Waals surface area contributed by atoms with E-state index in [0.29, 0.717) is 11.3 Å². The van der Waals surface area contributed by atoms with Crippen molar-refractivity contribution < 1.29 is 18.0 Å². The van der Waals surface area contributed by atoms with Crippen LogP contribution < -0.4 is 15.8 Å². The van der Waals surface area contributed by atoms with Gasteiger partial charge in [0.1, 0.15) is 4.90 Å². The summed E-state index contributed by atoms with van der Waals surface area (Å²) in [5, 5.41) is 2.70. The Balaban J connectivity index is 1.88. The van der Waals surface area contributed by atoms with Crippen molar-refractivity contribution in [2.24, 2.45) is 5.73 Å². The van der Waals surface area contributed by atoms with Crippen molar-refractivity contribution in [2.45, 2.75) is 11.3 Å². The van der Waals surface area contributed by atoms with Crippen LogP contribution in [-0.2, 0) is 14.8 Å². The van der Waals surface area contributed by atoms with E-state index >= 15 is 0 Å². The molecule has 0 aliphatic carbocycles. The smallest absolute Gasteiger partial charge is 0.248 e. The monoisotopic (exact) mass is 381 g/mol. The number of anilines is 1. The normalized spacial score (nSPS) is 11.1. The molecule has 0 aliphatic rings. The van der Waals surface area contributed by atoms with Crippen molar-refractivity contribution in [2.75, 3.05) is 11.9 Å². The summed E-state index contributed by atoms with van der Waals surface area (Å²) in [6.45, 7) is -0.0846. The first-order chi connectivity index (χ1) is 11.8. The van der Waals surface area contributed by atoms with E-state index in [0.717, 1.165) is 0 Å². The summed E-state index contributed by atoms with van der Waals surface area (Å²) in [4.78, 5) is 22.8. The van der Waals surface area contributed by atoms with E-state index in [1.54, 1.807) is 12.1 Å². The summed E-state index contributed by atoms with van der Waals surface area (Å²) in [7, 11) is -3.79. The van der Waals surface area contributed by atoms with E-state index in [-0.39, 0.29) is 28.8 Å². The molecule has 0 aromatic heterocycles.